The maximum absolute atomic E-state index is 6.47. The Hall–Kier alpha value is -0.800. The lowest BCUT2D eigenvalue weighted by atomic mass is 9.83. The monoisotopic (exact) mass is 290 g/mol. The fourth-order valence-corrected chi connectivity index (χ4v) is 3.94. The Morgan fingerprint density at radius 2 is 2.14 bits per heavy atom. The molecule has 1 atom stereocenters. The first-order valence-electron chi connectivity index (χ1n) is 8.83. The summed E-state index contributed by atoms with van der Waals surface area (Å²) in [5, 5.41) is 3.46. The van der Waals surface area contributed by atoms with Crippen LogP contribution in [0.5, 0.6) is 0 Å². The maximum Gasteiger partial charge on any atom is 0.0762 e. The van der Waals surface area contributed by atoms with Crippen LogP contribution in [-0.4, -0.2) is 22.8 Å². The molecule has 1 aromatic heterocycles. The van der Waals surface area contributed by atoms with Crippen LogP contribution in [0, 0.1) is 0 Å². The van der Waals surface area contributed by atoms with E-state index in [0.29, 0.717) is 6.10 Å². The van der Waals surface area contributed by atoms with Gasteiger partial charge in [-0.25, -0.2) is 0 Å². The van der Waals surface area contributed by atoms with Gasteiger partial charge in [0.2, 0.25) is 0 Å². The highest BCUT2D eigenvalue weighted by Crippen LogP contribution is 2.42. The quantitative estimate of drug-likeness (QED) is 0.805. The summed E-state index contributed by atoms with van der Waals surface area (Å²) < 4.78 is 8.78. The van der Waals surface area contributed by atoms with Crippen molar-refractivity contribution < 1.29 is 4.74 Å². The molecular formula is C18H30N2O. The smallest absolute Gasteiger partial charge is 0.0762 e. The predicted molar refractivity (Wildman–Crippen MR) is 86.4 cm³/mol. The second-order valence-corrected chi connectivity index (χ2v) is 6.92. The topological polar surface area (TPSA) is 26.2 Å². The molecule has 21 heavy (non-hydrogen) atoms. The van der Waals surface area contributed by atoms with E-state index in [1.165, 1.54) is 56.9 Å². The fraction of sp³-hybridized carbons (Fsp3) is 0.778. The fourth-order valence-electron chi connectivity index (χ4n) is 3.94. The molecule has 1 aliphatic carbocycles. The van der Waals surface area contributed by atoms with Crippen molar-refractivity contribution in [1.29, 1.82) is 0 Å². The molecule has 2 heterocycles. The van der Waals surface area contributed by atoms with Crippen molar-refractivity contribution in [2.45, 2.75) is 83.1 Å². The zero-order valence-electron chi connectivity index (χ0n) is 13.4. The summed E-state index contributed by atoms with van der Waals surface area (Å²) >= 11 is 0. The minimum atomic E-state index is 0.252. The van der Waals surface area contributed by atoms with Gasteiger partial charge in [-0.2, -0.15) is 0 Å². The van der Waals surface area contributed by atoms with Crippen molar-refractivity contribution in [3.63, 3.8) is 0 Å². The van der Waals surface area contributed by atoms with Crippen molar-refractivity contribution in [2.24, 2.45) is 0 Å². The third kappa shape index (κ3) is 3.89. The van der Waals surface area contributed by atoms with Crippen molar-refractivity contribution in [1.82, 2.24) is 9.88 Å². The Kier molecular flexibility index (Phi) is 5.02. The van der Waals surface area contributed by atoms with Gasteiger partial charge in [-0.05, 0) is 50.3 Å². The van der Waals surface area contributed by atoms with Gasteiger partial charge in [0.1, 0.15) is 0 Å². The second kappa shape index (κ2) is 6.97. The van der Waals surface area contributed by atoms with Crippen molar-refractivity contribution >= 4 is 0 Å². The zero-order valence-corrected chi connectivity index (χ0v) is 13.4. The molecule has 3 nitrogen and oxygen atoms in total. The van der Waals surface area contributed by atoms with Crippen LogP contribution in [0.1, 0.15) is 63.9 Å². The molecule has 0 aromatic carbocycles. The highest BCUT2D eigenvalue weighted by molar-refractivity contribution is 5.10. The predicted octanol–water partition coefficient (Wildman–Crippen LogP) is 3.87. The number of aromatic nitrogens is 1. The lowest BCUT2D eigenvalue weighted by molar-refractivity contribution is -0.0679. The SMILES string of the molecule is CCCNCc1ccn(CC2CCC3(CCCCC3)O2)c1. The van der Waals surface area contributed by atoms with E-state index in [4.69, 9.17) is 4.74 Å². The van der Waals surface area contributed by atoms with E-state index in [9.17, 15) is 0 Å². The molecule has 2 fully saturated rings. The molecule has 1 unspecified atom stereocenters. The zero-order chi connectivity index (χ0) is 14.5. The van der Waals surface area contributed by atoms with Gasteiger partial charge in [0.25, 0.3) is 0 Å². The lowest BCUT2D eigenvalue weighted by Gasteiger charge is -2.33. The van der Waals surface area contributed by atoms with Crippen LogP contribution in [-0.2, 0) is 17.8 Å². The molecule has 3 heteroatoms. The molecule has 0 amide bonds. The Balaban J connectivity index is 1.48. The normalized spacial score (nSPS) is 24.7. The van der Waals surface area contributed by atoms with Gasteiger partial charge in [-0.15, -0.1) is 0 Å². The maximum atomic E-state index is 6.47. The first kappa shape index (κ1) is 15.1. The van der Waals surface area contributed by atoms with E-state index < -0.39 is 0 Å². The lowest BCUT2D eigenvalue weighted by Crippen LogP contribution is -2.32. The van der Waals surface area contributed by atoms with Crippen molar-refractivity contribution in [3.8, 4) is 0 Å². The summed E-state index contributed by atoms with van der Waals surface area (Å²) in [6.07, 6.45) is 15.3. The Bertz CT molecular complexity index is 434. The molecule has 0 radical (unpaired) electrons. The highest BCUT2D eigenvalue weighted by Gasteiger charge is 2.40. The molecular weight excluding hydrogens is 260 g/mol. The van der Waals surface area contributed by atoms with Crippen LogP contribution in [0.4, 0.5) is 0 Å². The summed E-state index contributed by atoms with van der Waals surface area (Å²) in [7, 11) is 0. The van der Waals surface area contributed by atoms with Crippen molar-refractivity contribution in [3.05, 3.63) is 24.0 Å². The van der Waals surface area contributed by atoms with Crippen LogP contribution < -0.4 is 5.32 Å². The van der Waals surface area contributed by atoms with E-state index in [1.54, 1.807) is 0 Å². The van der Waals surface area contributed by atoms with E-state index in [2.05, 4.69) is 35.3 Å². The molecule has 2 aliphatic rings. The van der Waals surface area contributed by atoms with E-state index in [-0.39, 0.29) is 5.60 Å². The van der Waals surface area contributed by atoms with Crippen molar-refractivity contribution in [2.75, 3.05) is 6.54 Å². The minimum absolute atomic E-state index is 0.252. The third-order valence-corrected chi connectivity index (χ3v) is 5.09. The molecule has 1 saturated carbocycles. The average Bonchev–Trinajstić information content (AvgIpc) is 3.09. The van der Waals surface area contributed by atoms with Crippen LogP contribution >= 0.6 is 0 Å². The molecule has 1 saturated heterocycles. The average molecular weight is 290 g/mol. The molecule has 1 aromatic rings. The summed E-state index contributed by atoms with van der Waals surface area (Å²) in [5.41, 5.74) is 1.63. The van der Waals surface area contributed by atoms with Gasteiger partial charge >= 0.3 is 0 Å². The largest absolute Gasteiger partial charge is 0.370 e. The number of nitrogens with one attached hydrogen (secondary N) is 1. The van der Waals surface area contributed by atoms with Gasteiger partial charge in [-0.1, -0.05) is 26.2 Å². The summed E-state index contributed by atoms with van der Waals surface area (Å²) in [6, 6.07) is 2.23. The van der Waals surface area contributed by atoms with E-state index in [0.717, 1.165) is 19.6 Å². The second-order valence-electron chi connectivity index (χ2n) is 6.92. The molecule has 0 bridgehead atoms. The standard InChI is InChI=1S/C18H30N2O/c1-2-11-19-13-16-7-12-20(14-16)15-17-6-10-18(21-17)8-4-3-5-9-18/h7,12,14,17,19H,2-6,8-11,13,15H2,1H3. The summed E-state index contributed by atoms with van der Waals surface area (Å²) in [4.78, 5) is 0. The molecule has 118 valence electrons. The van der Waals surface area contributed by atoms with Gasteiger partial charge in [-0.3, -0.25) is 0 Å². The van der Waals surface area contributed by atoms with Crippen LogP contribution in [0.15, 0.2) is 18.5 Å². The third-order valence-electron chi connectivity index (χ3n) is 5.09. The van der Waals surface area contributed by atoms with Crippen LogP contribution in [0.25, 0.3) is 0 Å². The Morgan fingerprint density at radius 1 is 1.29 bits per heavy atom. The summed E-state index contributed by atoms with van der Waals surface area (Å²) in [5.74, 6) is 0. The number of ether oxygens (including phenoxy) is 1. The number of nitrogens with zero attached hydrogens (tertiary/aromatic N) is 1. The molecule has 1 spiro atoms. The number of rotatable bonds is 6. The van der Waals surface area contributed by atoms with Gasteiger partial charge in [0, 0.05) is 25.5 Å². The Labute approximate surface area is 129 Å². The Morgan fingerprint density at radius 3 is 2.95 bits per heavy atom. The molecule has 3 rings (SSSR count). The van der Waals surface area contributed by atoms with E-state index in [1.807, 2.05) is 0 Å². The first-order chi connectivity index (χ1) is 10.3. The first-order valence-corrected chi connectivity index (χ1v) is 8.83. The van der Waals surface area contributed by atoms with Crippen LogP contribution in [0.2, 0.25) is 0 Å². The van der Waals surface area contributed by atoms with Gasteiger partial charge in [0.15, 0.2) is 0 Å². The minimum Gasteiger partial charge on any atom is -0.370 e. The van der Waals surface area contributed by atoms with E-state index >= 15 is 0 Å². The van der Waals surface area contributed by atoms with Gasteiger partial charge in [0.05, 0.1) is 11.7 Å². The highest BCUT2D eigenvalue weighted by atomic mass is 16.5. The molecule has 1 aliphatic heterocycles. The van der Waals surface area contributed by atoms with Crippen LogP contribution in [0.3, 0.4) is 0 Å². The molecule has 1 N–H and O–H groups in total. The number of hydrogen-bond acceptors (Lipinski definition) is 2. The van der Waals surface area contributed by atoms with Gasteiger partial charge < -0.3 is 14.6 Å². The summed E-state index contributed by atoms with van der Waals surface area (Å²) in [6.45, 7) is 5.31. The number of hydrogen-bond donors (Lipinski definition) is 1.